The molecule has 110 valence electrons. The quantitative estimate of drug-likeness (QED) is 0.632. The number of amides is 1. The largest absolute Gasteiger partial charge is 0.339 e. The Morgan fingerprint density at radius 3 is 2.30 bits per heavy atom. The van der Waals surface area contributed by atoms with E-state index < -0.39 is 0 Å². The zero-order chi connectivity index (χ0) is 14.8. The average Bonchev–Trinajstić information content (AvgIpc) is 2.46. The summed E-state index contributed by atoms with van der Waals surface area (Å²) in [7, 11) is 0. The molecule has 0 aliphatic rings. The monoisotopic (exact) mass is 293 g/mol. The maximum absolute atomic E-state index is 12.2. The minimum atomic E-state index is 0.0758. The molecule has 0 bridgehead atoms. The SMILES string of the molecule is CCCCN(CCCC)C(=O)/C=C/c1ccccc1Cl. The first-order valence-corrected chi connectivity index (χ1v) is 7.78. The Morgan fingerprint density at radius 1 is 1.15 bits per heavy atom. The normalized spacial score (nSPS) is 10.9. The molecule has 0 N–H and O–H groups in total. The zero-order valence-electron chi connectivity index (χ0n) is 12.4. The third-order valence-corrected chi connectivity index (χ3v) is 3.53. The second-order valence-corrected chi connectivity index (χ2v) is 5.29. The highest BCUT2D eigenvalue weighted by atomic mass is 35.5. The Bertz CT molecular complexity index is 434. The Labute approximate surface area is 127 Å². The number of rotatable bonds is 8. The number of carbonyl (C=O) groups is 1. The number of carbonyl (C=O) groups excluding carboxylic acids is 1. The first-order chi connectivity index (χ1) is 9.69. The number of hydrogen-bond acceptors (Lipinski definition) is 1. The molecule has 3 heteroatoms. The van der Waals surface area contributed by atoms with Crippen LogP contribution in [0.1, 0.15) is 45.1 Å². The van der Waals surface area contributed by atoms with Crippen LogP contribution in [0.4, 0.5) is 0 Å². The van der Waals surface area contributed by atoms with Gasteiger partial charge in [0, 0.05) is 24.2 Å². The van der Waals surface area contributed by atoms with Crippen molar-refractivity contribution >= 4 is 23.6 Å². The number of hydrogen-bond donors (Lipinski definition) is 0. The molecule has 1 aromatic carbocycles. The fraction of sp³-hybridized carbons (Fsp3) is 0.471. The molecule has 0 saturated carbocycles. The Hall–Kier alpha value is -1.28. The molecule has 0 unspecified atom stereocenters. The van der Waals surface area contributed by atoms with E-state index in [0.29, 0.717) is 5.02 Å². The first kappa shape index (κ1) is 16.8. The van der Waals surface area contributed by atoms with Crippen molar-refractivity contribution in [2.45, 2.75) is 39.5 Å². The number of halogens is 1. The van der Waals surface area contributed by atoms with Gasteiger partial charge in [0.1, 0.15) is 0 Å². The van der Waals surface area contributed by atoms with Crippen molar-refractivity contribution in [1.29, 1.82) is 0 Å². The van der Waals surface area contributed by atoms with Gasteiger partial charge in [-0.05, 0) is 30.5 Å². The molecule has 20 heavy (non-hydrogen) atoms. The van der Waals surface area contributed by atoms with Crippen LogP contribution in [0.5, 0.6) is 0 Å². The van der Waals surface area contributed by atoms with Gasteiger partial charge in [-0.25, -0.2) is 0 Å². The van der Waals surface area contributed by atoms with Crippen molar-refractivity contribution in [1.82, 2.24) is 4.90 Å². The Kier molecular flexibility index (Phi) is 8.05. The van der Waals surface area contributed by atoms with Gasteiger partial charge < -0.3 is 4.90 Å². The maximum atomic E-state index is 12.2. The lowest BCUT2D eigenvalue weighted by atomic mass is 10.2. The van der Waals surface area contributed by atoms with Crippen LogP contribution in [0, 0.1) is 0 Å². The summed E-state index contributed by atoms with van der Waals surface area (Å²) in [6.45, 7) is 5.95. The summed E-state index contributed by atoms with van der Waals surface area (Å²) in [5.74, 6) is 0.0758. The van der Waals surface area contributed by atoms with E-state index in [1.165, 1.54) is 0 Å². The summed E-state index contributed by atoms with van der Waals surface area (Å²) in [4.78, 5) is 14.2. The van der Waals surface area contributed by atoms with E-state index in [-0.39, 0.29) is 5.91 Å². The smallest absolute Gasteiger partial charge is 0.246 e. The van der Waals surface area contributed by atoms with E-state index in [0.717, 1.165) is 44.3 Å². The van der Waals surface area contributed by atoms with Crippen LogP contribution in [0.3, 0.4) is 0 Å². The van der Waals surface area contributed by atoms with E-state index in [2.05, 4.69) is 13.8 Å². The fourth-order valence-corrected chi connectivity index (χ4v) is 2.11. The number of nitrogens with zero attached hydrogens (tertiary/aromatic N) is 1. The summed E-state index contributed by atoms with van der Waals surface area (Å²) in [6.07, 6.45) is 7.74. The minimum Gasteiger partial charge on any atom is -0.339 e. The molecular formula is C17H24ClNO. The van der Waals surface area contributed by atoms with Crippen molar-refractivity contribution < 1.29 is 4.79 Å². The van der Waals surface area contributed by atoms with Gasteiger partial charge in [0.05, 0.1) is 0 Å². The predicted molar refractivity (Wildman–Crippen MR) is 86.9 cm³/mol. The number of unbranched alkanes of at least 4 members (excludes halogenated alkanes) is 2. The lowest BCUT2D eigenvalue weighted by molar-refractivity contribution is -0.126. The van der Waals surface area contributed by atoms with Crippen LogP contribution in [0.2, 0.25) is 5.02 Å². The third-order valence-electron chi connectivity index (χ3n) is 3.19. The summed E-state index contributed by atoms with van der Waals surface area (Å²) < 4.78 is 0. The van der Waals surface area contributed by atoms with Crippen LogP contribution in [-0.2, 0) is 4.79 Å². The van der Waals surface area contributed by atoms with Gasteiger partial charge in [-0.1, -0.05) is 56.5 Å². The van der Waals surface area contributed by atoms with E-state index in [1.807, 2.05) is 29.2 Å². The molecule has 1 rings (SSSR count). The molecule has 0 radical (unpaired) electrons. The van der Waals surface area contributed by atoms with Gasteiger partial charge in [-0.3, -0.25) is 4.79 Å². The highest BCUT2D eigenvalue weighted by Crippen LogP contribution is 2.16. The van der Waals surface area contributed by atoms with Gasteiger partial charge >= 0.3 is 0 Å². The lowest BCUT2D eigenvalue weighted by Crippen LogP contribution is -2.31. The highest BCUT2D eigenvalue weighted by molar-refractivity contribution is 6.32. The van der Waals surface area contributed by atoms with E-state index in [4.69, 9.17) is 11.6 Å². The zero-order valence-corrected chi connectivity index (χ0v) is 13.2. The van der Waals surface area contributed by atoms with Gasteiger partial charge in [0.25, 0.3) is 0 Å². The number of benzene rings is 1. The Morgan fingerprint density at radius 2 is 1.75 bits per heavy atom. The minimum absolute atomic E-state index is 0.0758. The van der Waals surface area contributed by atoms with Crippen molar-refractivity contribution in [2.75, 3.05) is 13.1 Å². The lowest BCUT2D eigenvalue weighted by Gasteiger charge is -2.20. The molecule has 0 fully saturated rings. The van der Waals surface area contributed by atoms with Gasteiger partial charge in [-0.15, -0.1) is 0 Å². The van der Waals surface area contributed by atoms with Crippen LogP contribution >= 0.6 is 11.6 Å². The second-order valence-electron chi connectivity index (χ2n) is 4.89. The molecule has 2 nitrogen and oxygen atoms in total. The molecule has 1 aromatic rings. The van der Waals surface area contributed by atoms with Gasteiger partial charge in [-0.2, -0.15) is 0 Å². The van der Waals surface area contributed by atoms with E-state index in [1.54, 1.807) is 12.2 Å². The summed E-state index contributed by atoms with van der Waals surface area (Å²) >= 11 is 6.08. The van der Waals surface area contributed by atoms with E-state index >= 15 is 0 Å². The maximum Gasteiger partial charge on any atom is 0.246 e. The van der Waals surface area contributed by atoms with Crippen molar-refractivity contribution in [2.24, 2.45) is 0 Å². The van der Waals surface area contributed by atoms with Gasteiger partial charge in [0.15, 0.2) is 0 Å². The van der Waals surface area contributed by atoms with Crippen LogP contribution in [0.25, 0.3) is 6.08 Å². The standard InChI is InChI=1S/C17H24ClNO/c1-3-5-13-19(14-6-4-2)17(20)12-11-15-9-7-8-10-16(15)18/h7-12H,3-6,13-14H2,1-2H3/b12-11+. The molecule has 0 aliphatic carbocycles. The Balaban J connectivity index is 2.66. The van der Waals surface area contributed by atoms with Crippen LogP contribution in [-0.4, -0.2) is 23.9 Å². The molecule has 0 aromatic heterocycles. The average molecular weight is 294 g/mol. The summed E-state index contributed by atoms with van der Waals surface area (Å²) in [5.41, 5.74) is 0.883. The second kappa shape index (κ2) is 9.60. The molecule has 0 atom stereocenters. The van der Waals surface area contributed by atoms with Gasteiger partial charge in [0.2, 0.25) is 5.91 Å². The van der Waals surface area contributed by atoms with Crippen LogP contribution in [0.15, 0.2) is 30.3 Å². The topological polar surface area (TPSA) is 20.3 Å². The van der Waals surface area contributed by atoms with Crippen molar-refractivity contribution in [3.05, 3.63) is 40.9 Å². The predicted octanol–water partition coefficient (Wildman–Crippen LogP) is 4.78. The van der Waals surface area contributed by atoms with Crippen molar-refractivity contribution in [3.63, 3.8) is 0 Å². The molecule has 0 spiro atoms. The fourth-order valence-electron chi connectivity index (χ4n) is 1.91. The molecule has 0 heterocycles. The van der Waals surface area contributed by atoms with Crippen molar-refractivity contribution in [3.8, 4) is 0 Å². The molecule has 0 saturated heterocycles. The first-order valence-electron chi connectivity index (χ1n) is 7.40. The van der Waals surface area contributed by atoms with E-state index in [9.17, 15) is 4.79 Å². The highest BCUT2D eigenvalue weighted by Gasteiger charge is 2.09. The summed E-state index contributed by atoms with van der Waals surface area (Å²) in [6, 6.07) is 7.55. The van der Waals surface area contributed by atoms with Crippen LogP contribution < -0.4 is 0 Å². The molecular weight excluding hydrogens is 270 g/mol. The summed E-state index contributed by atoms with van der Waals surface area (Å²) in [5, 5.41) is 0.671. The molecule has 0 aliphatic heterocycles. The third kappa shape index (κ3) is 5.79. The molecule has 1 amide bonds.